The molecule has 0 radical (unpaired) electrons. The maximum Gasteiger partial charge on any atom is 0.375 e. The van der Waals surface area contributed by atoms with Crippen molar-refractivity contribution >= 4 is 5.97 Å². The first-order chi connectivity index (χ1) is 8.40. The van der Waals surface area contributed by atoms with Crippen LogP contribution in [0.4, 0.5) is 13.2 Å². The summed E-state index contributed by atoms with van der Waals surface area (Å²) in [7, 11) is 0. The first-order valence-corrected chi connectivity index (χ1v) is 4.72. The van der Waals surface area contributed by atoms with Crippen molar-refractivity contribution in [3.05, 3.63) is 41.2 Å². The monoisotopic (exact) mass is 257 g/mol. The molecule has 1 N–H and O–H groups in total. The van der Waals surface area contributed by atoms with E-state index in [1.54, 1.807) is 0 Å². The topological polar surface area (TPSA) is 68.0 Å². The third kappa shape index (κ3) is 1.92. The number of halogens is 3. The van der Waals surface area contributed by atoms with Crippen LogP contribution in [0.15, 0.2) is 12.1 Å². The van der Waals surface area contributed by atoms with Gasteiger partial charge in [0.25, 0.3) is 5.82 Å². The largest absolute Gasteiger partial charge is 0.475 e. The number of nitrogens with zero attached hydrogens (tertiary/aromatic N) is 3. The molecule has 1 heterocycles. The van der Waals surface area contributed by atoms with Gasteiger partial charge < -0.3 is 5.11 Å². The first-order valence-electron chi connectivity index (χ1n) is 4.72. The fraction of sp³-hybridized carbons (Fsp3) is 0.100. The molecule has 0 saturated heterocycles. The molecule has 1 aromatic heterocycles. The molecule has 0 atom stereocenters. The summed E-state index contributed by atoms with van der Waals surface area (Å²) in [5.41, 5.74) is -0.411. The normalized spacial score (nSPS) is 10.7. The highest BCUT2D eigenvalue weighted by Gasteiger charge is 2.18. The van der Waals surface area contributed by atoms with Gasteiger partial charge in [-0.1, -0.05) is 0 Å². The van der Waals surface area contributed by atoms with Gasteiger partial charge in [0.2, 0.25) is 0 Å². The number of carboxylic acid groups (broad SMARTS) is 1. The number of aromatic nitrogens is 3. The Morgan fingerprint density at radius 1 is 1.22 bits per heavy atom. The second-order valence-corrected chi connectivity index (χ2v) is 3.42. The number of hydrogen-bond donors (Lipinski definition) is 1. The molecule has 0 aliphatic rings. The van der Waals surface area contributed by atoms with Crippen molar-refractivity contribution in [3.63, 3.8) is 0 Å². The number of hydrogen-bond acceptors (Lipinski definition) is 3. The minimum atomic E-state index is -1.40. The van der Waals surface area contributed by atoms with Crippen LogP contribution in [0, 0.1) is 24.4 Å². The van der Waals surface area contributed by atoms with Gasteiger partial charge in [-0.2, -0.15) is 0 Å². The van der Waals surface area contributed by atoms with Crippen LogP contribution in [-0.2, 0) is 0 Å². The first kappa shape index (κ1) is 12.1. The van der Waals surface area contributed by atoms with Crippen molar-refractivity contribution in [1.29, 1.82) is 0 Å². The summed E-state index contributed by atoms with van der Waals surface area (Å²) in [6.45, 7) is 1.36. The molecule has 5 nitrogen and oxygen atoms in total. The van der Waals surface area contributed by atoms with E-state index in [-0.39, 0.29) is 5.82 Å². The van der Waals surface area contributed by atoms with Crippen molar-refractivity contribution in [2.45, 2.75) is 6.92 Å². The van der Waals surface area contributed by atoms with E-state index in [0.717, 1.165) is 4.68 Å². The van der Waals surface area contributed by atoms with E-state index in [1.807, 2.05) is 0 Å². The van der Waals surface area contributed by atoms with Gasteiger partial charge in [0.1, 0.15) is 11.5 Å². The summed E-state index contributed by atoms with van der Waals surface area (Å²) < 4.78 is 40.0. The van der Waals surface area contributed by atoms with Crippen LogP contribution in [0.1, 0.15) is 16.4 Å². The summed E-state index contributed by atoms with van der Waals surface area (Å²) in [4.78, 5) is 14.2. The quantitative estimate of drug-likeness (QED) is 0.831. The Kier molecular flexibility index (Phi) is 2.77. The number of carboxylic acids is 1. The van der Waals surface area contributed by atoms with Crippen LogP contribution < -0.4 is 0 Å². The van der Waals surface area contributed by atoms with Crippen molar-refractivity contribution in [2.24, 2.45) is 0 Å². The van der Waals surface area contributed by atoms with Crippen LogP contribution in [0.5, 0.6) is 0 Å². The molecule has 0 spiro atoms. The molecule has 0 unspecified atom stereocenters. The molecule has 2 rings (SSSR count). The van der Waals surface area contributed by atoms with Crippen LogP contribution >= 0.6 is 0 Å². The van der Waals surface area contributed by atoms with Gasteiger partial charge in [-0.3, -0.25) is 0 Å². The highest BCUT2D eigenvalue weighted by molar-refractivity contribution is 5.83. The fourth-order valence-corrected chi connectivity index (χ4v) is 1.38. The minimum Gasteiger partial charge on any atom is -0.475 e. The molecule has 0 aliphatic carbocycles. The second kappa shape index (κ2) is 4.13. The smallest absolute Gasteiger partial charge is 0.375 e. The molecule has 0 amide bonds. The van der Waals surface area contributed by atoms with Crippen molar-refractivity contribution < 1.29 is 23.1 Å². The maximum absolute atomic E-state index is 13.5. The van der Waals surface area contributed by atoms with Gasteiger partial charge in [0.15, 0.2) is 17.5 Å². The van der Waals surface area contributed by atoms with Crippen molar-refractivity contribution in [2.75, 3.05) is 0 Å². The Labute approximate surface area is 98.5 Å². The van der Waals surface area contributed by atoms with E-state index in [1.165, 1.54) is 6.92 Å². The Morgan fingerprint density at radius 2 is 1.83 bits per heavy atom. The summed E-state index contributed by atoms with van der Waals surface area (Å²) in [6, 6.07) is 0.935. The zero-order chi connectivity index (χ0) is 13.4. The fourth-order valence-electron chi connectivity index (χ4n) is 1.38. The molecule has 0 fully saturated rings. The number of benzene rings is 1. The Balaban J connectivity index is 2.62. The summed E-state index contributed by atoms with van der Waals surface area (Å²) in [6.07, 6.45) is 0. The van der Waals surface area contributed by atoms with Gasteiger partial charge in [-0.25, -0.2) is 27.6 Å². The molecule has 0 bridgehead atoms. The third-order valence-electron chi connectivity index (χ3n) is 2.18. The van der Waals surface area contributed by atoms with E-state index in [2.05, 4.69) is 10.1 Å². The molecule has 18 heavy (non-hydrogen) atoms. The van der Waals surface area contributed by atoms with Crippen molar-refractivity contribution in [3.8, 4) is 5.69 Å². The van der Waals surface area contributed by atoms with Crippen LogP contribution in [-0.4, -0.2) is 25.8 Å². The highest BCUT2D eigenvalue weighted by atomic mass is 19.2. The van der Waals surface area contributed by atoms with Crippen LogP contribution in [0.2, 0.25) is 0 Å². The lowest BCUT2D eigenvalue weighted by molar-refractivity contribution is 0.0683. The lowest BCUT2D eigenvalue weighted by Crippen LogP contribution is -2.05. The maximum atomic E-state index is 13.5. The van der Waals surface area contributed by atoms with E-state index in [9.17, 15) is 18.0 Å². The van der Waals surface area contributed by atoms with E-state index in [4.69, 9.17) is 5.11 Å². The Morgan fingerprint density at radius 3 is 2.39 bits per heavy atom. The van der Waals surface area contributed by atoms with Gasteiger partial charge in [0, 0.05) is 12.1 Å². The molecule has 94 valence electrons. The summed E-state index contributed by atoms with van der Waals surface area (Å²) >= 11 is 0. The number of rotatable bonds is 2. The predicted molar refractivity (Wildman–Crippen MR) is 52.9 cm³/mol. The van der Waals surface area contributed by atoms with E-state index in [0.29, 0.717) is 12.1 Å². The van der Waals surface area contributed by atoms with E-state index < -0.39 is 34.9 Å². The summed E-state index contributed by atoms with van der Waals surface area (Å²) in [5, 5.41) is 12.2. The summed E-state index contributed by atoms with van der Waals surface area (Å²) in [5.74, 6) is -5.60. The van der Waals surface area contributed by atoms with Gasteiger partial charge >= 0.3 is 5.97 Å². The zero-order valence-corrected chi connectivity index (χ0v) is 8.99. The number of aryl methyl sites for hydroxylation is 1. The molecular weight excluding hydrogens is 251 g/mol. The van der Waals surface area contributed by atoms with Gasteiger partial charge in [0.05, 0.1) is 0 Å². The average molecular weight is 257 g/mol. The standard InChI is InChI=1S/C10H6F3N3O2/c1-4-14-9(10(17)18)15-16(4)8-3-6(12)5(11)2-7(8)13/h2-3H,1H3,(H,17,18). The molecule has 0 aliphatic heterocycles. The average Bonchev–Trinajstić information content (AvgIpc) is 2.66. The molecule has 2 aromatic rings. The van der Waals surface area contributed by atoms with Crippen LogP contribution in [0.25, 0.3) is 5.69 Å². The van der Waals surface area contributed by atoms with Crippen molar-refractivity contribution in [1.82, 2.24) is 14.8 Å². The molecule has 8 heteroatoms. The van der Waals surface area contributed by atoms with Gasteiger partial charge in [-0.15, -0.1) is 5.10 Å². The molecule has 1 aromatic carbocycles. The third-order valence-corrected chi connectivity index (χ3v) is 2.18. The number of carbonyl (C=O) groups is 1. The molecule has 0 saturated carbocycles. The van der Waals surface area contributed by atoms with Gasteiger partial charge in [-0.05, 0) is 6.92 Å². The molecular formula is C10H6F3N3O2. The van der Waals surface area contributed by atoms with Crippen LogP contribution in [0.3, 0.4) is 0 Å². The van der Waals surface area contributed by atoms with E-state index >= 15 is 0 Å². The zero-order valence-electron chi connectivity index (χ0n) is 8.99. The Bertz CT molecular complexity index is 640. The highest BCUT2D eigenvalue weighted by Crippen LogP contribution is 2.18. The number of aromatic carboxylic acids is 1. The lowest BCUT2D eigenvalue weighted by atomic mass is 10.3. The predicted octanol–water partition coefficient (Wildman–Crippen LogP) is 1.69. The SMILES string of the molecule is Cc1nc(C(=O)O)nn1-c1cc(F)c(F)cc1F. The lowest BCUT2D eigenvalue weighted by Gasteiger charge is -2.04. The minimum absolute atomic E-state index is 0.0392. The second-order valence-electron chi connectivity index (χ2n) is 3.42. The Hall–Kier alpha value is -2.38.